The molecule has 1 fully saturated rings. The molecule has 110 valence electrons. The Labute approximate surface area is 117 Å². The molecule has 20 heavy (non-hydrogen) atoms. The molecule has 0 bridgehead atoms. The third-order valence-corrected chi connectivity index (χ3v) is 3.55. The lowest BCUT2D eigenvalue weighted by Gasteiger charge is -2.34. The molecule has 0 amide bonds. The molecule has 7 nitrogen and oxygen atoms in total. The van der Waals surface area contributed by atoms with Gasteiger partial charge in [0.1, 0.15) is 0 Å². The zero-order valence-electron chi connectivity index (χ0n) is 11.7. The van der Waals surface area contributed by atoms with Crippen molar-refractivity contribution in [3.8, 4) is 0 Å². The molecule has 1 N–H and O–H groups in total. The van der Waals surface area contributed by atoms with Crippen LogP contribution in [-0.4, -0.2) is 58.3 Å². The van der Waals surface area contributed by atoms with Gasteiger partial charge in [-0.25, -0.2) is 4.98 Å². The van der Waals surface area contributed by atoms with Gasteiger partial charge in [0.15, 0.2) is 5.82 Å². The number of hydrogen-bond acceptors (Lipinski definition) is 5. The normalized spacial score (nSPS) is 16.4. The van der Waals surface area contributed by atoms with E-state index < -0.39 is 5.97 Å². The first-order valence-electron chi connectivity index (χ1n) is 6.86. The summed E-state index contributed by atoms with van der Waals surface area (Å²) in [7, 11) is 0. The van der Waals surface area contributed by atoms with Gasteiger partial charge in [0.2, 0.25) is 0 Å². The molecule has 0 saturated carbocycles. The summed E-state index contributed by atoms with van der Waals surface area (Å²) in [6.07, 6.45) is 3.50. The highest BCUT2D eigenvalue weighted by Crippen LogP contribution is 2.09. The zero-order valence-corrected chi connectivity index (χ0v) is 11.7. The number of anilines is 1. The van der Waals surface area contributed by atoms with Crippen LogP contribution < -0.4 is 10.5 Å². The van der Waals surface area contributed by atoms with Crippen molar-refractivity contribution in [1.82, 2.24) is 14.5 Å². The molecule has 0 spiro atoms. The van der Waals surface area contributed by atoms with Crippen molar-refractivity contribution < 1.29 is 9.90 Å². The second kappa shape index (κ2) is 6.51. The molecule has 1 aliphatic heterocycles. The number of nitrogens with zero attached hydrogens (tertiary/aromatic N) is 4. The van der Waals surface area contributed by atoms with Gasteiger partial charge in [0.05, 0.1) is 6.42 Å². The lowest BCUT2D eigenvalue weighted by atomic mass is 10.3. The van der Waals surface area contributed by atoms with E-state index in [-0.39, 0.29) is 12.0 Å². The predicted molar refractivity (Wildman–Crippen MR) is 75.1 cm³/mol. The van der Waals surface area contributed by atoms with Crippen molar-refractivity contribution in [1.29, 1.82) is 0 Å². The molecule has 0 aliphatic carbocycles. The Balaban J connectivity index is 1.97. The van der Waals surface area contributed by atoms with Gasteiger partial charge in [-0.1, -0.05) is 0 Å². The zero-order chi connectivity index (χ0) is 14.5. The Hall–Kier alpha value is -1.89. The molecule has 0 unspecified atom stereocenters. The first-order chi connectivity index (χ1) is 9.61. The molecule has 1 aromatic heterocycles. The fourth-order valence-corrected chi connectivity index (χ4v) is 2.34. The van der Waals surface area contributed by atoms with Crippen molar-refractivity contribution in [2.45, 2.75) is 19.9 Å². The Bertz CT molecular complexity index is 521. The molecule has 2 rings (SSSR count). The van der Waals surface area contributed by atoms with Crippen LogP contribution in [0, 0.1) is 0 Å². The molecule has 1 aliphatic rings. The van der Waals surface area contributed by atoms with Gasteiger partial charge in [-0.2, -0.15) is 0 Å². The molecule has 2 heterocycles. The Morgan fingerprint density at radius 1 is 1.35 bits per heavy atom. The molecule has 0 aromatic carbocycles. The van der Waals surface area contributed by atoms with Crippen LogP contribution in [-0.2, 0) is 11.3 Å². The number of aliphatic carboxylic acids is 1. The van der Waals surface area contributed by atoms with Crippen LogP contribution in [0.4, 0.5) is 5.82 Å². The minimum absolute atomic E-state index is 0.0611. The highest BCUT2D eigenvalue weighted by atomic mass is 16.4. The number of rotatable bonds is 5. The minimum Gasteiger partial charge on any atom is -0.481 e. The van der Waals surface area contributed by atoms with Crippen molar-refractivity contribution in [2.75, 3.05) is 37.6 Å². The van der Waals surface area contributed by atoms with E-state index in [1.807, 2.05) is 11.8 Å². The summed E-state index contributed by atoms with van der Waals surface area (Å²) in [4.78, 5) is 31.0. The lowest BCUT2D eigenvalue weighted by molar-refractivity contribution is -0.137. The first-order valence-corrected chi connectivity index (χ1v) is 6.86. The molecule has 0 atom stereocenters. The van der Waals surface area contributed by atoms with Crippen LogP contribution in [0.5, 0.6) is 0 Å². The van der Waals surface area contributed by atoms with Gasteiger partial charge in [-0.15, -0.1) is 0 Å². The quantitative estimate of drug-likeness (QED) is 0.809. The average Bonchev–Trinajstić information content (AvgIpc) is 2.46. The fourth-order valence-electron chi connectivity index (χ4n) is 2.34. The number of aryl methyl sites for hydroxylation is 1. The van der Waals surface area contributed by atoms with Crippen LogP contribution in [0.2, 0.25) is 0 Å². The highest BCUT2D eigenvalue weighted by Gasteiger charge is 2.20. The summed E-state index contributed by atoms with van der Waals surface area (Å²) in [6.45, 7) is 6.04. The summed E-state index contributed by atoms with van der Waals surface area (Å²) < 4.78 is 1.64. The van der Waals surface area contributed by atoms with Gasteiger partial charge in [-0.05, 0) is 6.92 Å². The van der Waals surface area contributed by atoms with Gasteiger partial charge in [0, 0.05) is 51.7 Å². The molecular formula is C13H20N4O3. The number of carboxylic acid groups (broad SMARTS) is 1. The Kier molecular flexibility index (Phi) is 4.73. The molecule has 1 saturated heterocycles. The summed E-state index contributed by atoms with van der Waals surface area (Å²) in [6, 6.07) is 0. The van der Waals surface area contributed by atoms with E-state index in [2.05, 4.69) is 9.88 Å². The van der Waals surface area contributed by atoms with E-state index in [4.69, 9.17) is 5.11 Å². The fraction of sp³-hybridized carbons (Fsp3) is 0.615. The van der Waals surface area contributed by atoms with Crippen LogP contribution in [0.3, 0.4) is 0 Å². The SMILES string of the molecule is CCn1ccnc(N2CCN(CCC(=O)O)CC2)c1=O. The summed E-state index contributed by atoms with van der Waals surface area (Å²) >= 11 is 0. The topological polar surface area (TPSA) is 78.7 Å². The highest BCUT2D eigenvalue weighted by molar-refractivity contribution is 5.66. The molecule has 7 heteroatoms. The minimum atomic E-state index is -0.775. The third kappa shape index (κ3) is 3.36. The number of hydrogen-bond donors (Lipinski definition) is 1. The smallest absolute Gasteiger partial charge is 0.304 e. The van der Waals surface area contributed by atoms with Crippen LogP contribution in [0.25, 0.3) is 0 Å². The summed E-state index contributed by atoms with van der Waals surface area (Å²) in [5, 5.41) is 8.68. The second-order valence-electron chi connectivity index (χ2n) is 4.81. The molecule has 0 radical (unpaired) electrons. The van der Waals surface area contributed by atoms with E-state index in [0.717, 1.165) is 13.1 Å². The van der Waals surface area contributed by atoms with Crippen LogP contribution >= 0.6 is 0 Å². The largest absolute Gasteiger partial charge is 0.481 e. The van der Waals surface area contributed by atoms with Gasteiger partial charge >= 0.3 is 5.97 Å². The monoisotopic (exact) mass is 280 g/mol. The van der Waals surface area contributed by atoms with E-state index in [9.17, 15) is 9.59 Å². The first kappa shape index (κ1) is 14.5. The van der Waals surface area contributed by atoms with Crippen LogP contribution in [0.15, 0.2) is 17.2 Å². The maximum Gasteiger partial charge on any atom is 0.304 e. The lowest BCUT2D eigenvalue weighted by Crippen LogP contribution is -2.49. The van der Waals surface area contributed by atoms with Gasteiger partial charge < -0.3 is 14.6 Å². The third-order valence-electron chi connectivity index (χ3n) is 3.55. The van der Waals surface area contributed by atoms with Crippen molar-refractivity contribution in [2.24, 2.45) is 0 Å². The summed E-state index contributed by atoms with van der Waals surface area (Å²) in [5.41, 5.74) is -0.0611. The van der Waals surface area contributed by atoms with Gasteiger partial charge in [0.25, 0.3) is 5.56 Å². The van der Waals surface area contributed by atoms with E-state index in [0.29, 0.717) is 32.0 Å². The Morgan fingerprint density at radius 3 is 2.65 bits per heavy atom. The number of carboxylic acids is 1. The standard InChI is InChI=1S/C13H20N4O3/c1-2-16-6-4-14-12(13(16)20)17-9-7-15(8-10-17)5-3-11(18)19/h4,6H,2-3,5,7-10H2,1H3,(H,18,19). The van der Waals surface area contributed by atoms with E-state index >= 15 is 0 Å². The molecule has 1 aromatic rings. The van der Waals surface area contributed by atoms with Crippen LogP contribution in [0.1, 0.15) is 13.3 Å². The Morgan fingerprint density at radius 2 is 2.05 bits per heavy atom. The van der Waals surface area contributed by atoms with E-state index in [1.165, 1.54) is 0 Å². The van der Waals surface area contributed by atoms with Gasteiger partial charge in [-0.3, -0.25) is 14.5 Å². The van der Waals surface area contributed by atoms with Crippen molar-refractivity contribution >= 4 is 11.8 Å². The maximum atomic E-state index is 12.2. The average molecular weight is 280 g/mol. The number of carbonyl (C=O) groups is 1. The number of piperazine rings is 1. The van der Waals surface area contributed by atoms with Crippen molar-refractivity contribution in [3.05, 3.63) is 22.7 Å². The summed E-state index contributed by atoms with van der Waals surface area (Å²) in [5.74, 6) is -0.282. The number of aromatic nitrogens is 2. The second-order valence-corrected chi connectivity index (χ2v) is 4.81. The molecular weight excluding hydrogens is 260 g/mol. The predicted octanol–water partition coefficient (Wildman–Crippen LogP) is -0.140. The maximum absolute atomic E-state index is 12.2. The van der Waals surface area contributed by atoms with Crippen molar-refractivity contribution in [3.63, 3.8) is 0 Å². The van der Waals surface area contributed by atoms with E-state index in [1.54, 1.807) is 17.0 Å².